The van der Waals surface area contributed by atoms with Gasteiger partial charge in [-0.2, -0.15) is 4.68 Å². The van der Waals surface area contributed by atoms with Crippen LogP contribution in [0.5, 0.6) is 0 Å². The van der Waals surface area contributed by atoms with Crippen molar-refractivity contribution in [3.63, 3.8) is 0 Å². The van der Waals surface area contributed by atoms with Crippen LogP contribution in [0.3, 0.4) is 0 Å². The molecule has 0 bridgehead atoms. The van der Waals surface area contributed by atoms with Gasteiger partial charge in [-0.25, -0.2) is 4.79 Å². The van der Waals surface area contributed by atoms with Crippen molar-refractivity contribution in [2.45, 2.75) is 20.0 Å². The molecule has 0 fully saturated rings. The van der Waals surface area contributed by atoms with Gasteiger partial charge in [0.2, 0.25) is 5.69 Å². The Kier molecular flexibility index (Phi) is 3.50. The third-order valence-electron chi connectivity index (χ3n) is 3.24. The molecule has 0 saturated carbocycles. The van der Waals surface area contributed by atoms with Crippen LogP contribution in [-0.4, -0.2) is 27.1 Å². The number of ether oxygens (including phenoxy) is 1. The number of hydrogen-bond donors (Lipinski definition) is 1. The van der Waals surface area contributed by atoms with Crippen LogP contribution < -0.4 is 5.73 Å². The molecule has 6 heteroatoms. The number of carbonyl (C=O) groups excluding carboxylic acids is 1. The van der Waals surface area contributed by atoms with Crippen molar-refractivity contribution in [2.24, 2.45) is 0 Å². The van der Waals surface area contributed by atoms with Gasteiger partial charge < -0.3 is 10.5 Å². The maximum Gasteiger partial charge on any atom is 0.363 e. The van der Waals surface area contributed by atoms with E-state index < -0.39 is 5.97 Å². The van der Waals surface area contributed by atoms with Gasteiger partial charge >= 0.3 is 5.97 Å². The molecule has 0 aliphatic carbocycles. The molecular formula is C16H16N4O2. The summed E-state index contributed by atoms with van der Waals surface area (Å²) >= 11 is 0. The number of fused-ring (bicyclic) bond motifs is 1. The highest BCUT2D eigenvalue weighted by molar-refractivity contribution is 5.94. The minimum absolute atomic E-state index is 0.0293. The lowest BCUT2D eigenvalue weighted by atomic mass is 10.1. The van der Waals surface area contributed by atoms with Crippen molar-refractivity contribution in [1.29, 1.82) is 0 Å². The van der Waals surface area contributed by atoms with Gasteiger partial charge in [-0.05, 0) is 25.3 Å². The molecule has 0 unspecified atom stereocenters. The van der Waals surface area contributed by atoms with E-state index in [-0.39, 0.29) is 17.6 Å². The van der Waals surface area contributed by atoms with Crippen LogP contribution in [0.25, 0.3) is 16.5 Å². The maximum absolute atomic E-state index is 12.0. The number of esters is 1. The lowest BCUT2D eigenvalue weighted by Crippen LogP contribution is -2.14. The molecular weight excluding hydrogens is 280 g/mol. The van der Waals surface area contributed by atoms with E-state index in [9.17, 15) is 4.79 Å². The summed E-state index contributed by atoms with van der Waals surface area (Å²) in [5.41, 5.74) is 6.84. The molecule has 2 aromatic carbocycles. The van der Waals surface area contributed by atoms with E-state index >= 15 is 0 Å². The minimum atomic E-state index is -0.570. The van der Waals surface area contributed by atoms with E-state index in [1.165, 1.54) is 4.68 Å². The van der Waals surface area contributed by atoms with E-state index in [0.29, 0.717) is 0 Å². The zero-order valence-electron chi connectivity index (χ0n) is 12.4. The van der Waals surface area contributed by atoms with Gasteiger partial charge in [0.1, 0.15) is 0 Å². The van der Waals surface area contributed by atoms with Crippen LogP contribution in [0.15, 0.2) is 42.5 Å². The van der Waals surface area contributed by atoms with Crippen molar-refractivity contribution in [3.8, 4) is 5.69 Å². The number of hydrogen-bond acceptors (Lipinski definition) is 5. The first-order chi connectivity index (χ1) is 10.6. The Morgan fingerprint density at radius 3 is 2.68 bits per heavy atom. The molecule has 3 aromatic rings. The third kappa shape index (κ3) is 2.39. The van der Waals surface area contributed by atoms with Gasteiger partial charge in [0.25, 0.3) is 0 Å². The number of aromatic nitrogens is 3. The van der Waals surface area contributed by atoms with Crippen molar-refractivity contribution in [2.75, 3.05) is 5.73 Å². The van der Waals surface area contributed by atoms with E-state index in [0.717, 1.165) is 16.5 Å². The first kappa shape index (κ1) is 14.1. The number of nitrogens with zero attached hydrogens (tertiary/aromatic N) is 3. The third-order valence-corrected chi connectivity index (χ3v) is 3.24. The molecule has 0 atom stereocenters. The molecule has 0 spiro atoms. The molecule has 0 aliphatic heterocycles. The summed E-state index contributed by atoms with van der Waals surface area (Å²) in [5.74, 6) is -0.402. The zero-order chi connectivity index (χ0) is 15.7. The van der Waals surface area contributed by atoms with Gasteiger partial charge in [-0.1, -0.05) is 41.6 Å². The Hall–Kier alpha value is -2.89. The number of anilines is 1. The maximum atomic E-state index is 12.0. The SMILES string of the molecule is CC(C)OC(=O)c1nnn(-c2cccc3ccccc23)c1N. The minimum Gasteiger partial charge on any atom is -0.458 e. The van der Waals surface area contributed by atoms with Crippen molar-refractivity contribution < 1.29 is 9.53 Å². The van der Waals surface area contributed by atoms with E-state index in [1.54, 1.807) is 13.8 Å². The molecule has 1 heterocycles. The monoisotopic (exact) mass is 296 g/mol. The molecule has 6 nitrogen and oxygen atoms in total. The van der Waals surface area contributed by atoms with E-state index in [4.69, 9.17) is 10.5 Å². The standard InChI is InChI=1S/C16H16N4O2/c1-10(2)22-16(21)14-15(17)20(19-18-14)13-9-5-7-11-6-3-4-8-12(11)13/h3-10H,17H2,1-2H3. The number of rotatable bonds is 3. The van der Waals surface area contributed by atoms with Gasteiger partial charge in [-0.3, -0.25) is 0 Å². The lowest BCUT2D eigenvalue weighted by molar-refractivity contribution is 0.0372. The fourth-order valence-corrected chi connectivity index (χ4v) is 2.28. The van der Waals surface area contributed by atoms with Crippen LogP contribution in [0, 0.1) is 0 Å². The topological polar surface area (TPSA) is 83.0 Å². The molecule has 0 radical (unpaired) electrons. The molecule has 0 saturated heterocycles. The van der Waals surface area contributed by atoms with Gasteiger partial charge in [0, 0.05) is 5.39 Å². The quantitative estimate of drug-likeness (QED) is 0.751. The highest BCUT2D eigenvalue weighted by atomic mass is 16.5. The first-order valence-electron chi connectivity index (χ1n) is 6.98. The van der Waals surface area contributed by atoms with E-state index in [1.807, 2.05) is 42.5 Å². The first-order valence-corrected chi connectivity index (χ1v) is 6.98. The van der Waals surface area contributed by atoms with E-state index in [2.05, 4.69) is 10.3 Å². The predicted octanol–water partition coefficient (Wildman–Crippen LogP) is 2.57. The smallest absolute Gasteiger partial charge is 0.363 e. The van der Waals surface area contributed by atoms with Crippen LogP contribution in [-0.2, 0) is 4.74 Å². The van der Waals surface area contributed by atoms with Crippen LogP contribution in [0.1, 0.15) is 24.3 Å². The average Bonchev–Trinajstić information content (AvgIpc) is 2.87. The number of carbonyl (C=O) groups is 1. The fraction of sp³-hybridized carbons (Fsp3) is 0.188. The Morgan fingerprint density at radius 1 is 1.18 bits per heavy atom. The van der Waals surface area contributed by atoms with Gasteiger partial charge in [-0.15, -0.1) is 5.10 Å². The molecule has 1 aromatic heterocycles. The largest absolute Gasteiger partial charge is 0.458 e. The Balaban J connectivity index is 2.09. The Morgan fingerprint density at radius 2 is 1.91 bits per heavy atom. The summed E-state index contributed by atoms with van der Waals surface area (Å²) in [4.78, 5) is 12.0. The molecule has 22 heavy (non-hydrogen) atoms. The fourth-order valence-electron chi connectivity index (χ4n) is 2.28. The normalized spacial score (nSPS) is 11.0. The number of benzene rings is 2. The molecule has 3 rings (SSSR count). The Labute approximate surface area is 127 Å². The molecule has 112 valence electrons. The van der Waals surface area contributed by atoms with Crippen molar-refractivity contribution >= 4 is 22.6 Å². The summed E-state index contributed by atoms with van der Waals surface area (Å²) in [7, 11) is 0. The van der Waals surface area contributed by atoms with Crippen LogP contribution in [0.4, 0.5) is 5.82 Å². The summed E-state index contributed by atoms with van der Waals surface area (Å²) in [6, 6.07) is 13.7. The second-order valence-corrected chi connectivity index (χ2v) is 5.19. The average molecular weight is 296 g/mol. The van der Waals surface area contributed by atoms with Gasteiger partial charge in [0.05, 0.1) is 11.8 Å². The molecule has 2 N–H and O–H groups in total. The van der Waals surface area contributed by atoms with Crippen LogP contribution in [0.2, 0.25) is 0 Å². The van der Waals surface area contributed by atoms with Crippen molar-refractivity contribution in [3.05, 3.63) is 48.2 Å². The van der Waals surface area contributed by atoms with Gasteiger partial charge in [0.15, 0.2) is 5.82 Å². The number of nitrogens with two attached hydrogens (primary N) is 1. The molecule has 0 aliphatic rings. The summed E-state index contributed by atoms with van der Waals surface area (Å²) in [5, 5.41) is 9.90. The lowest BCUT2D eigenvalue weighted by Gasteiger charge is -2.08. The summed E-state index contributed by atoms with van der Waals surface area (Å²) < 4.78 is 6.58. The number of nitrogen functional groups attached to an aromatic ring is 1. The summed E-state index contributed by atoms with van der Waals surface area (Å²) in [6.07, 6.45) is -0.241. The highest BCUT2D eigenvalue weighted by Gasteiger charge is 2.21. The highest BCUT2D eigenvalue weighted by Crippen LogP contribution is 2.24. The second-order valence-electron chi connectivity index (χ2n) is 5.19. The second kappa shape index (κ2) is 5.48. The van der Waals surface area contributed by atoms with Crippen molar-refractivity contribution in [1.82, 2.24) is 15.0 Å². The zero-order valence-corrected chi connectivity index (χ0v) is 12.4. The van der Waals surface area contributed by atoms with Crippen LogP contribution >= 0.6 is 0 Å². The predicted molar refractivity (Wildman–Crippen MR) is 83.8 cm³/mol. The summed E-state index contributed by atoms with van der Waals surface area (Å²) in [6.45, 7) is 3.53. The Bertz CT molecular complexity index is 834. The molecule has 0 amide bonds.